The number of benzene rings is 1. The first-order chi connectivity index (χ1) is 16.1. The van der Waals surface area contributed by atoms with Crippen LogP contribution in [0.25, 0.3) is 0 Å². The normalized spacial score (nSPS) is 27.5. The van der Waals surface area contributed by atoms with Gasteiger partial charge in [-0.05, 0) is 87.0 Å². The molecule has 0 unspecified atom stereocenters. The molecule has 3 atom stereocenters. The van der Waals surface area contributed by atoms with E-state index >= 15 is 0 Å². The first-order valence-corrected chi connectivity index (χ1v) is 12.5. The number of pyridine rings is 1. The van der Waals surface area contributed by atoms with Crippen LogP contribution >= 0.6 is 0 Å². The van der Waals surface area contributed by atoms with Gasteiger partial charge in [0.25, 0.3) is 0 Å². The number of aromatic nitrogens is 1. The van der Waals surface area contributed by atoms with Gasteiger partial charge in [0.05, 0.1) is 6.61 Å². The largest absolute Gasteiger partial charge is 0.395 e. The zero-order valence-electron chi connectivity index (χ0n) is 19.4. The van der Waals surface area contributed by atoms with Gasteiger partial charge in [0.15, 0.2) is 0 Å². The zero-order valence-corrected chi connectivity index (χ0v) is 19.4. The molecule has 0 amide bonds. The van der Waals surface area contributed by atoms with Crippen LogP contribution in [-0.4, -0.2) is 68.9 Å². The summed E-state index contributed by atoms with van der Waals surface area (Å²) < 4.78 is 0. The predicted octanol–water partition coefficient (Wildman–Crippen LogP) is 3.16. The minimum absolute atomic E-state index is 0.187. The molecule has 1 aliphatic carbocycles. The third-order valence-electron chi connectivity index (χ3n) is 7.78. The summed E-state index contributed by atoms with van der Waals surface area (Å²) in [7, 11) is 0. The number of nitrogens with zero attached hydrogens (tertiary/aromatic N) is 3. The molecule has 3 aliphatic rings. The molecule has 5 rings (SSSR count). The van der Waals surface area contributed by atoms with E-state index in [0.29, 0.717) is 12.0 Å². The first kappa shape index (κ1) is 22.6. The van der Waals surface area contributed by atoms with Crippen LogP contribution in [0, 0.1) is 11.8 Å². The number of aliphatic hydroxyl groups excluding tert-OH is 1. The lowest BCUT2D eigenvalue weighted by Crippen LogP contribution is -2.67. The zero-order chi connectivity index (χ0) is 22.7. The molecule has 2 aliphatic heterocycles. The lowest BCUT2D eigenvalue weighted by Gasteiger charge is -2.57. The molecule has 1 saturated carbocycles. The Balaban J connectivity index is 1.31. The second-order valence-corrected chi connectivity index (χ2v) is 9.99. The minimum Gasteiger partial charge on any atom is -0.395 e. The van der Waals surface area contributed by atoms with Crippen molar-refractivity contribution < 1.29 is 10.2 Å². The van der Waals surface area contributed by atoms with Crippen molar-refractivity contribution in [3.05, 3.63) is 65.5 Å². The Morgan fingerprint density at radius 2 is 1.70 bits per heavy atom. The standard InChI is InChI=1S/C28H35N3O2/c32-21-26-27(24-7-5-22(6-8-24)9-14-28(33)12-1-2-13-28)25-20-30(17-3-4-18-31(25)26)19-23-10-15-29-16-11-23/h5-8,10-11,15-16,25-27,32-33H,1-4,12-13,17-21H2/t25-,26-,27+/m0/s1. The maximum Gasteiger partial charge on any atom is 0.125 e. The summed E-state index contributed by atoms with van der Waals surface area (Å²) in [6.45, 7) is 4.33. The Bertz CT molecular complexity index is 976. The van der Waals surface area contributed by atoms with Crippen molar-refractivity contribution in [2.75, 3.05) is 26.2 Å². The highest BCUT2D eigenvalue weighted by Gasteiger charge is 2.49. The highest BCUT2D eigenvalue weighted by molar-refractivity contribution is 5.40. The summed E-state index contributed by atoms with van der Waals surface area (Å²) in [4.78, 5) is 9.24. The molecule has 0 radical (unpaired) electrons. The summed E-state index contributed by atoms with van der Waals surface area (Å²) in [5.74, 6) is 6.62. The van der Waals surface area contributed by atoms with Crippen LogP contribution in [0.15, 0.2) is 48.8 Å². The molecule has 2 N–H and O–H groups in total. The lowest BCUT2D eigenvalue weighted by molar-refractivity contribution is -0.0655. The van der Waals surface area contributed by atoms with Gasteiger partial charge in [-0.1, -0.05) is 24.0 Å². The Kier molecular flexibility index (Phi) is 6.80. The number of hydrogen-bond acceptors (Lipinski definition) is 5. The van der Waals surface area contributed by atoms with Gasteiger partial charge in [-0.15, -0.1) is 0 Å². The van der Waals surface area contributed by atoms with Crippen LogP contribution in [-0.2, 0) is 6.54 Å². The van der Waals surface area contributed by atoms with Gasteiger partial charge >= 0.3 is 0 Å². The van der Waals surface area contributed by atoms with Crippen LogP contribution in [0.2, 0.25) is 0 Å². The molecule has 33 heavy (non-hydrogen) atoms. The van der Waals surface area contributed by atoms with Crippen molar-refractivity contribution in [2.24, 2.45) is 0 Å². The highest BCUT2D eigenvalue weighted by atomic mass is 16.3. The van der Waals surface area contributed by atoms with Gasteiger partial charge in [-0.3, -0.25) is 14.8 Å². The third kappa shape index (κ3) is 5.00. The van der Waals surface area contributed by atoms with E-state index in [1.54, 1.807) is 0 Å². The Morgan fingerprint density at radius 1 is 0.970 bits per heavy atom. The second-order valence-electron chi connectivity index (χ2n) is 9.99. The molecule has 2 aromatic rings. The fraction of sp³-hybridized carbons (Fsp3) is 0.536. The van der Waals surface area contributed by atoms with Crippen molar-refractivity contribution in [1.29, 1.82) is 0 Å². The second kappa shape index (κ2) is 9.95. The van der Waals surface area contributed by atoms with E-state index in [9.17, 15) is 10.2 Å². The fourth-order valence-corrected chi connectivity index (χ4v) is 5.96. The molecule has 0 bridgehead atoms. The Hall–Kier alpha value is -2.23. The molecular weight excluding hydrogens is 410 g/mol. The molecule has 1 aromatic carbocycles. The van der Waals surface area contributed by atoms with Gasteiger partial charge in [-0.2, -0.15) is 0 Å². The molecule has 3 heterocycles. The minimum atomic E-state index is -0.799. The van der Waals surface area contributed by atoms with E-state index in [0.717, 1.165) is 57.4 Å². The van der Waals surface area contributed by atoms with Gasteiger partial charge in [0.2, 0.25) is 0 Å². The maximum absolute atomic E-state index is 10.5. The van der Waals surface area contributed by atoms with Crippen LogP contribution in [0.1, 0.15) is 61.1 Å². The topological polar surface area (TPSA) is 59.8 Å². The van der Waals surface area contributed by atoms with E-state index < -0.39 is 5.60 Å². The Labute approximate surface area is 197 Å². The number of rotatable bonds is 4. The van der Waals surface area contributed by atoms with E-state index in [4.69, 9.17) is 0 Å². The summed E-state index contributed by atoms with van der Waals surface area (Å²) in [5.41, 5.74) is 2.74. The van der Waals surface area contributed by atoms with Crippen molar-refractivity contribution in [3.63, 3.8) is 0 Å². The van der Waals surface area contributed by atoms with Crippen LogP contribution < -0.4 is 0 Å². The van der Waals surface area contributed by atoms with E-state index in [2.05, 4.69) is 63.0 Å². The van der Waals surface area contributed by atoms with Gasteiger partial charge < -0.3 is 10.2 Å². The van der Waals surface area contributed by atoms with Crippen molar-refractivity contribution >= 4 is 0 Å². The van der Waals surface area contributed by atoms with Gasteiger partial charge in [0.1, 0.15) is 5.60 Å². The summed E-state index contributed by atoms with van der Waals surface area (Å²) in [6, 6.07) is 13.3. The van der Waals surface area contributed by atoms with Crippen molar-refractivity contribution in [3.8, 4) is 11.8 Å². The molecule has 5 heteroatoms. The average Bonchev–Trinajstić information content (AvgIpc) is 3.26. The number of fused-ring (bicyclic) bond motifs is 1. The monoisotopic (exact) mass is 445 g/mol. The average molecular weight is 446 g/mol. The van der Waals surface area contributed by atoms with Crippen LogP contribution in [0.4, 0.5) is 0 Å². The molecular formula is C28H35N3O2. The number of aliphatic hydroxyl groups is 2. The highest BCUT2D eigenvalue weighted by Crippen LogP contribution is 2.42. The van der Waals surface area contributed by atoms with Gasteiger partial charge in [0, 0.05) is 49.0 Å². The maximum atomic E-state index is 10.5. The first-order valence-electron chi connectivity index (χ1n) is 12.5. The predicted molar refractivity (Wildman–Crippen MR) is 130 cm³/mol. The molecule has 174 valence electrons. The number of hydrogen-bond donors (Lipinski definition) is 2. The van der Waals surface area contributed by atoms with Crippen molar-refractivity contribution in [2.45, 2.75) is 68.7 Å². The molecule has 0 spiro atoms. The van der Waals surface area contributed by atoms with Crippen LogP contribution in [0.3, 0.4) is 0 Å². The molecule has 2 saturated heterocycles. The smallest absolute Gasteiger partial charge is 0.125 e. The SMILES string of the molecule is OC[C@H]1[C@H](c2ccc(C#CC3(O)CCCC3)cc2)[C@@H]2CN(Cc3ccncc3)CCCCN12. The van der Waals surface area contributed by atoms with E-state index in [1.807, 2.05) is 12.4 Å². The van der Waals surface area contributed by atoms with E-state index in [-0.39, 0.29) is 12.6 Å². The quantitative estimate of drug-likeness (QED) is 0.708. The molecule has 1 aromatic heterocycles. The summed E-state index contributed by atoms with van der Waals surface area (Å²) >= 11 is 0. The fourth-order valence-electron chi connectivity index (χ4n) is 5.96. The molecule has 5 nitrogen and oxygen atoms in total. The van der Waals surface area contributed by atoms with E-state index in [1.165, 1.54) is 24.0 Å². The Morgan fingerprint density at radius 3 is 2.42 bits per heavy atom. The summed E-state index contributed by atoms with van der Waals surface area (Å²) in [6.07, 6.45) is 9.79. The van der Waals surface area contributed by atoms with Crippen molar-refractivity contribution in [1.82, 2.24) is 14.8 Å². The molecule has 3 fully saturated rings. The van der Waals surface area contributed by atoms with Gasteiger partial charge in [-0.25, -0.2) is 0 Å². The lowest BCUT2D eigenvalue weighted by atomic mass is 9.74. The summed E-state index contributed by atoms with van der Waals surface area (Å²) in [5, 5.41) is 20.7. The third-order valence-corrected chi connectivity index (χ3v) is 7.78. The van der Waals surface area contributed by atoms with Crippen LogP contribution in [0.5, 0.6) is 0 Å².